The second-order valence-electron chi connectivity index (χ2n) is 10.0. The number of aromatic nitrogens is 2. The summed E-state index contributed by atoms with van der Waals surface area (Å²) in [5.74, 6) is 0.174. The lowest BCUT2D eigenvalue weighted by Crippen LogP contribution is -2.39. The number of hydrogen-bond donors (Lipinski definition) is 0. The first-order chi connectivity index (χ1) is 14.7. The molecule has 2 aliphatic rings. The van der Waals surface area contributed by atoms with Crippen molar-refractivity contribution in [3.8, 4) is 11.3 Å². The number of ether oxygens (including phenoxy) is 1. The first-order valence-corrected chi connectivity index (χ1v) is 12.0. The summed E-state index contributed by atoms with van der Waals surface area (Å²) in [5.41, 5.74) is 4.26. The van der Waals surface area contributed by atoms with Crippen molar-refractivity contribution in [2.45, 2.75) is 83.8 Å². The van der Waals surface area contributed by atoms with E-state index >= 15 is 0 Å². The number of halogens is 1. The Morgan fingerprint density at radius 1 is 1.13 bits per heavy atom. The molecule has 0 saturated heterocycles. The number of carbonyl (C=O) groups is 1. The second kappa shape index (κ2) is 8.85. The Labute approximate surface area is 190 Å². The summed E-state index contributed by atoms with van der Waals surface area (Å²) in [7, 11) is 0. The predicted octanol–water partition coefficient (Wildman–Crippen LogP) is 6.61. The Morgan fingerprint density at radius 2 is 1.81 bits per heavy atom. The van der Waals surface area contributed by atoms with E-state index in [4.69, 9.17) is 21.4 Å². The minimum absolute atomic E-state index is 0.174. The lowest BCUT2D eigenvalue weighted by Gasteiger charge is -2.28. The third kappa shape index (κ3) is 4.92. The topological polar surface area (TPSA) is 47.4 Å². The maximum absolute atomic E-state index is 12.8. The molecule has 2 heterocycles. The fourth-order valence-corrected chi connectivity index (χ4v) is 5.05. The molecule has 0 radical (unpaired) electrons. The number of carbonyl (C=O) groups excluding carboxylic acids is 1. The highest BCUT2D eigenvalue weighted by Crippen LogP contribution is 2.40. The molecule has 0 N–H and O–H groups in total. The second-order valence-corrected chi connectivity index (χ2v) is 10.5. The highest BCUT2D eigenvalue weighted by atomic mass is 35.5. The van der Waals surface area contributed by atoms with Crippen LogP contribution in [0.15, 0.2) is 24.3 Å². The van der Waals surface area contributed by atoms with Gasteiger partial charge in [-0.25, -0.2) is 4.79 Å². The van der Waals surface area contributed by atoms with Crippen molar-refractivity contribution in [2.75, 3.05) is 13.1 Å². The monoisotopic (exact) mass is 443 g/mol. The molecular formula is C25H34ClN3O2. The van der Waals surface area contributed by atoms with Crippen molar-refractivity contribution in [1.82, 2.24) is 14.7 Å². The van der Waals surface area contributed by atoms with Gasteiger partial charge in [0, 0.05) is 41.6 Å². The molecule has 1 saturated carbocycles. The maximum atomic E-state index is 12.8. The molecule has 1 fully saturated rings. The van der Waals surface area contributed by atoms with E-state index in [0.29, 0.717) is 19.1 Å². The van der Waals surface area contributed by atoms with Gasteiger partial charge in [-0.1, -0.05) is 49.9 Å². The number of benzene rings is 1. The minimum atomic E-state index is -0.495. The quantitative estimate of drug-likeness (QED) is 0.524. The summed E-state index contributed by atoms with van der Waals surface area (Å²) >= 11 is 6.19. The Balaban J connectivity index is 1.71. The van der Waals surface area contributed by atoms with Crippen molar-refractivity contribution in [3.63, 3.8) is 0 Å². The van der Waals surface area contributed by atoms with Gasteiger partial charge < -0.3 is 9.64 Å². The van der Waals surface area contributed by atoms with Gasteiger partial charge in [0.1, 0.15) is 5.60 Å². The van der Waals surface area contributed by atoms with Gasteiger partial charge in [-0.3, -0.25) is 4.68 Å². The van der Waals surface area contributed by atoms with Gasteiger partial charge in [0.05, 0.1) is 17.4 Å². The van der Waals surface area contributed by atoms with Crippen LogP contribution >= 0.6 is 11.6 Å². The summed E-state index contributed by atoms with van der Waals surface area (Å²) in [6.07, 6.45) is 6.71. The summed E-state index contributed by atoms with van der Waals surface area (Å²) in [5, 5.41) is 5.90. The molecule has 4 rings (SSSR count). The third-order valence-corrected chi connectivity index (χ3v) is 6.57. The molecule has 1 unspecified atom stereocenters. The molecule has 5 nitrogen and oxygen atoms in total. The van der Waals surface area contributed by atoms with Gasteiger partial charge in [0.25, 0.3) is 0 Å². The molecular weight excluding hydrogens is 410 g/mol. The summed E-state index contributed by atoms with van der Waals surface area (Å²) in [4.78, 5) is 14.6. The number of rotatable bonds is 2. The van der Waals surface area contributed by atoms with Crippen LogP contribution in [0.2, 0.25) is 5.02 Å². The molecule has 1 aliphatic heterocycles. The van der Waals surface area contributed by atoms with Crippen LogP contribution in [-0.4, -0.2) is 39.5 Å². The zero-order valence-corrected chi connectivity index (χ0v) is 19.9. The summed E-state index contributed by atoms with van der Waals surface area (Å²) < 4.78 is 7.95. The fourth-order valence-electron chi connectivity index (χ4n) is 4.93. The fraction of sp³-hybridized carbons (Fsp3) is 0.600. The molecule has 1 aliphatic carbocycles. The number of fused-ring (bicyclic) bond motifs is 1. The number of hydrogen-bond acceptors (Lipinski definition) is 3. The highest BCUT2D eigenvalue weighted by molar-refractivity contribution is 6.30. The molecule has 1 amide bonds. The van der Waals surface area contributed by atoms with E-state index in [2.05, 4.69) is 23.7 Å². The Morgan fingerprint density at radius 3 is 2.45 bits per heavy atom. The van der Waals surface area contributed by atoms with Crippen LogP contribution < -0.4 is 0 Å². The zero-order chi connectivity index (χ0) is 22.2. The van der Waals surface area contributed by atoms with Crippen LogP contribution in [0.4, 0.5) is 4.79 Å². The minimum Gasteiger partial charge on any atom is -0.444 e. The van der Waals surface area contributed by atoms with Gasteiger partial charge in [-0.05, 0) is 45.7 Å². The van der Waals surface area contributed by atoms with Crippen LogP contribution in [0.3, 0.4) is 0 Å². The van der Waals surface area contributed by atoms with Crippen LogP contribution in [-0.2, 0) is 11.2 Å². The van der Waals surface area contributed by atoms with E-state index in [1.54, 1.807) is 0 Å². The van der Waals surface area contributed by atoms with Crippen LogP contribution in [0.1, 0.15) is 83.0 Å². The molecule has 168 valence electrons. The van der Waals surface area contributed by atoms with Crippen LogP contribution in [0, 0.1) is 0 Å². The zero-order valence-electron chi connectivity index (χ0n) is 19.2. The van der Waals surface area contributed by atoms with E-state index in [-0.39, 0.29) is 12.0 Å². The average Bonchev–Trinajstić information content (AvgIpc) is 3.02. The van der Waals surface area contributed by atoms with Crippen molar-refractivity contribution >= 4 is 17.7 Å². The Bertz CT molecular complexity index is 923. The summed E-state index contributed by atoms with van der Waals surface area (Å²) in [6.45, 7) is 9.21. The highest BCUT2D eigenvalue weighted by Gasteiger charge is 2.33. The van der Waals surface area contributed by atoms with E-state index in [1.807, 2.05) is 37.8 Å². The standard InChI is InChI=1S/C25H34ClN3O2/c1-17-16-28(24(30)31-25(2,3)4)15-14-21-22(17)23(18-10-12-19(26)13-11-18)29(27-21)20-8-6-5-7-9-20/h10-13,17,20H,5-9,14-16H2,1-4H3. The van der Waals surface area contributed by atoms with Crippen LogP contribution in [0.25, 0.3) is 11.3 Å². The summed E-state index contributed by atoms with van der Waals surface area (Å²) in [6, 6.07) is 8.55. The molecule has 0 spiro atoms. The Kier molecular flexibility index (Phi) is 6.34. The number of nitrogens with zero attached hydrogens (tertiary/aromatic N) is 3. The molecule has 6 heteroatoms. The maximum Gasteiger partial charge on any atom is 0.410 e. The Hall–Kier alpha value is -2.01. The normalized spacial score (nSPS) is 20.3. The first kappa shape index (κ1) is 22.2. The van der Waals surface area contributed by atoms with Gasteiger partial charge in [0.2, 0.25) is 0 Å². The molecule has 2 aromatic rings. The third-order valence-electron chi connectivity index (χ3n) is 6.32. The smallest absolute Gasteiger partial charge is 0.410 e. The van der Waals surface area contributed by atoms with E-state index in [9.17, 15) is 4.79 Å². The van der Waals surface area contributed by atoms with Crippen LogP contribution in [0.5, 0.6) is 0 Å². The molecule has 0 bridgehead atoms. The van der Waals surface area contributed by atoms with Gasteiger partial charge in [0.15, 0.2) is 0 Å². The van der Waals surface area contributed by atoms with Crippen molar-refractivity contribution in [2.24, 2.45) is 0 Å². The number of amides is 1. The van der Waals surface area contributed by atoms with Gasteiger partial charge >= 0.3 is 6.09 Å². The van der Waals surface area contributed by atoms with Crippen molar-refractivity contribution in [1.29, 1.82) is 0 Å². The lowest BCUT2D eigenvalue weighted by atomic mass is 9.92. The van der Waals surface area contributed by atoms with Gasteiger partial charge in [-0.15, -0.1) is 0 Å². The molecule has 31 heavy (non-hydrogen) atoms. The predicted molar refractivity (Wildman–Crippen MR) is 125 cm³/mol. The van der Waals surface area contributed by atoms with Crippen molar-refractivity contribution < 1.29 is 9.53 Å². The SMILES string of the molecule is CC1CN(C(=O)OC(C)(C)C)CCc2nn(C3CCCCC3)c(-c3ccc(Cl)cc3)c21. The molecule has 1 atom stereocenters. The van der Waals surface area contributed by atoms with E-state index in [0.717, 1.165) is 22.7 Å². The van der Waals surface area contributed by atoms with E-state index in [1.165, 1.54) is 43.4 Å². The largest absolute Gasteiger partial charge is 0.444 e. The average molecular weight is 444 g/mol. The van der Waals surface area contributed by atoms with Gasteiger partial charge in [-0.2, -0.15) is 5.10 Å². The van der Waals surface area contributed by atoms with Crippen molar-refractivity contribution in [3.05, 3.63) is 40.5 Å². The molecule has 1 aromatic carbocycles. The lowest BCUT2D eigenvalue weighted by molar-refractivity contribution is 0.0248. The first-order valence-electron chi connectivity index (χ1n) is 11.6. The van der Waals surface area contributed by atoms with E-state index < -0.39 is 5.60 Å². The molecule has 1 aromatic heterocycles.